The quantitative estimate of drug-likeness (QED) is 0.556. The number of amides is 1. The van der Waals surface area contributed by atoms with Crippen LogP contribution in [0.2, 0.25) is 0 Å². The predicted molar refractivity (Wildman–Crippen MR) is 131 cm³/mol. The zero-order valence-corrected chi connectivity index (χ0v) is 19.7. The second kappa shape index (κ2) is 10.3. The minimum absolute atomic E-state index is 0.177. The highest BCUT2D eigenvalue weighted by Crippen LogP contribution is 2.25. The van der Waals surface area contributed by atoms with Crippen LogP contribution in [0.5, 0.6) is 0 Å². The first kappa shape index (κ1) is 23.2. The van der Waals surface area contributed by atoms with Gasteiger partial charge in [0.2, 0.25) is 10.0 Å². The minimum atomic E-state index is -3.64. The molecule has 1 heterocycles. The minimum Gasteiger partial charge on any atom is -0.341 e. The van der Waals surface area contributed by atoms with Gasteiger partial charge in [-0.05, 0) is 48.6 Å². The summed E-state index contributed by atoms with van der Waals surface area (Å²) in [4.78, 5) is 13.6. The molecule has 0 unspecified atom stereocenters. The van der Waals surface area contributed by atoms with Crippen LogP contribution < -0.4 is 5.32 Å². The summed E-state index contributed by atoms with van der Waals surface area (Å²) in [5.41, 5.74) is 3.04. The number of carbonyl (C=O) groups is 1. The van der Waals surface area contributed by atoms with Gasteiger partial charge in [-0.2, -0.15) is 4.31 Å². The Morgan fingerprint density at radius 2 is 1.36 bits per heavy atom. The molecule has 3 aromatic carbocycles. The van der Waals surface area contributed by atoms with E-state index in [0.717, 1.165) is 42.4 Å². The maximum absolute atomic E-state index is 13.4. The van der Waals surface area contributed by atoms with Crippen molar-refractivity contribution < 1.29 is 13.2 Å². The lowest BCUT2D eigenvalue weighted by Crippen LogP contribution is -2.33. The largest absolute Gasteiger partial charge is 0.341 e. The molecule has 0 saturated carbocycles. The Bertz CT molecular complexity index is 1150. The zero-order chi connectivity index (χ0) is 23.3. The van der Waals surface area contributed by atoms with Gasteiger partial charge in [0, 0.05) is 18.7 Å². The standard InChI is InChI=1S/C27H30N2O3S/c1-21-16-17-24(33(31,32)29-18-10-2-3-11-19-29)20-25(21)27(30)28-26(22-12-6-4-7-13-22)23-14-8-5-9-15-23/h4-9,12-17,20,26H,2-3,10-11,18-19H2,1H3,(H,28,30). The molecule has 0 spiro atoms. The van der Waals surface area contributed by atoms with Crippen molar-refractivity contribution in [3.8, 4) is 0 Å². The molecule has 1 aliphatic rings. The number of nitrogens with one attached hydrogen (secondary N) is 1. The van der Waals surface area contributed by atoms with Gasteiger partial charge < -0.3 is 5.32 Å². The van der Waals surface area contributed by atoms with Crippen LogP contribution in [0.4, 0.5) is 0 Å². The number of benzene rings is 3. The van der Waals surface area contributed by atoms with Gasteiger partial charge >= 0.3 is 0 Å². The van der Waals surface area contributed by atoms with Crippen LogP contribution in [-0.4, -0.2) is 31.7 Å². The Morgan fingerprint density at radius 1 is 0.818 bits per heavy atom. The summed E-state index contributed by atoms with van der Waals surface area (Å²) in [6.45, 7) is 2.89. The van der Waals surface area contributed by atoms with Crippen LogP contribution in [0.3, 0.4) is 0 Å². The normalized spacial score (nSPS) is 15.2. The van der Waals surface area contributed by atoms with Crippen LogP contribution in [0.1, 0.15) is 58.8 Å². The monoisotopic (exact) mass is 462 g/mol. The lowest BCUT2D eigenvalue weighted by atomic mass is 9.98. The highest BCUT2D eigenvalue weighted by atomic mass is 32.2. The van der Waals surface area contributed by atoms with E-state index in [1.54, 1.807) is 16.4 Å². The van der Waals surface area contributed by atoms with Gasteiger partial charge in [0.25, 0.3) is 5.91 Å². The van der Waals surface area contributed by atoms with Crippen LogP contribution in [0, 0.1) is 6.92 Å². The van der Waals surface area contributed by atoms with Gasteiger partial charge in [0.1, 0.15) is 0 Å². The zero-order valence-electron chi connectivity index (χ0n) is 18.9. The molecule has 0 radical (unpaired) electrons. The summed E-state index contributed by atoms with van der Waals surface area (Å²) < 4.78 is 28.1. The lowest BCUT2D eigenvalue weighted by molar-refractivity contribution is 0.0942. The van der Waals surface area contributed by atoms with Crippen LogP contribution >= 0.6 is 0 Å². The molecule has 0 atom stereocenters. The van der Waals surface area contributed by atoms with E-state index in [2.05, 4.69) is 5.32 Å². The number of rotatable bonds is 6. The molecule has 4 rings (SSSR count). The average molecular weight is 463 g/mol. The van der Waals surface area contributed by atoms with Crippen LogP contribution in [-0.2, 0) is 10.0 Å². The van der Waals surface area contributed by atoms with E-state index in [9.17, 15) is 13.2 Å². The van der Waals surface area contributed by atoms with Crippen molar-refractivity contribution in [2.75, 3.05) is 13.1 Å². The van der Waals surface area contributed by atoms with Gasteiger partial charge in [-0.1, -0.05) is 79.6 Å². The van der Waals surface area contributed by atoms with E-state index in [-0.39, 0.29) is 16.8 Å². The first-order chi connectivity index (χ1) is 16.0. The van der Waals surface area contributed by atoms with E-state index < -0.39 is 10.0 Å². The van der Waals surface area contributed by atoms with Crippen molar-refractivity contribution in [2.45, 2.75) is 43.5 Å². The molecule has 172 valence electrons. The van der Waals surface area contributed by atoms with E-state index in [4.69, 9.17) is 0 Å². The number of sulfonamides is 1. The second-order valence-electron chi connectivity index (χ2n) is 8.52. The van der Waals surface area contributed by atoms with E-state index in [1.807, 2.05) is 67.6 Å². The number of hydrogen-bond acceptors (Lipinski definition) is 3. The Kier molecular flexibility index (Phi) is 7.26. The van der Waals surface area contributed by atoms with Gasteiger partial charge in [-0.25, -0.2) is 8.42 Å². The molecule has 6 heteroatoms. The van der Waals surface area contributed by atoms with Gasteiger partial charge in [0.05, 0.1) is 10.9 Å². The molecule has 1 amide bonds. The van der Waals surface area contributed by atoms with Gasteiger partial charge in [0.15, 0.2) is 0 Å². The summed E-state index contributed by atoms with van der Waals surface area (Å²) in [7, 11) is -3.64. The van der Waals surface area contributed by atoms with Crippen molar-refractivity contribution in [3.63, 3.8) is 0 Å². The van der Waals surface area contributed by atoms with Crippen LogP contribution in [0.15, 0.2) is 83.8 Å². The molecule has 5 nitrogen and oxygen atoms in total. The average Bonchev–Trinajstić information content (AvgIpc) is 3.14. The van der Waals surface area contributed by atoms with Gasteiger partial charge in [-0.15, -0.1) is 0 Å². The summed E-state index contributed by atoms with van der Waals surface area (Å²) >= 11 is 0. The molecule has 1 fully saturated rings. The van der Waals surface area contributed by atoms with Crippen molar-refractivity contribution in [1.82, 2.24) is 9.62 Å². The third-order valence-corrected chi connectivity index (χ3v) is 8.09. The Morgan fingerprint density at radius 3 is 1.91 bits per heavy atom. The Balaban J connectivity index is 1.65. The van der Waals surface area contributed by atoms with E-state index in [1.165, 1.54) is 6.07 Å². The SMILES string of the molecule is Cc1ccc(S(=O)(=O)N2CCCCCC2)cc1C(=O)NC(c1ccccc1)c1ccccc1. The molecule has 3 aromatic rings. The number of nitrogens with zero attached hydrogens (tertiary/aromatic N) is 1. The van der Waals surface area contributed by atoms with Crippen molar-refractivity contribution >= 4 is 15.9 Å². The second-order valence-corrected chi connectivity index (χ2v) is 10.5. The number of carbonyl (C=O) groups excluding carboxylic acids is 1. The van der Waals surface area contributed by atoms with E-state index >= 15 is 0 Å². The summed E-state index contributed by atoms with van der Waals surface area (Å²) in [6, 6.07) is 24.1. The molecule has 0 bridgehead atoms. The highest BCUT2D eigenvalue weighted by Gasteiger charge is 2.27. The Labute approximate surface area is 196 Å². The smallest absolute Gasteiger partial charge is 0.252 e. The fourth-order valence-corrected chi connectivity index (χ4v) is 5.84. The van der Waals surface area contributed by atoms with Crippen molar-refractivity contribution in [1.29, 1.82) is 0 Å². The number of hydrogen-bond donors (Lipinski definition) is 1. The summed E-state index contributed by atoms with van der Waals surface area (Å²) in [5, 5.41) is 3.13. The van der Waals surface area contributed by atoms with Crippen molar-refractivity contribution in [2.24, 2.45) is 0 Å². The lowest BCUT2D eigenvalue weighted by Gasteiger charge is -2.22. The Hall–Kier alpha value is -2.96. The third kappa shape index (κ3) is 5.34. The van der Waals surface area contributed by atoms with E-state index in [0.29, 0.717) is 18.7 Å². The molecule has 33 heavy (non-hydrogen) atoms. The summed E-state index contributed by atoms with van der Waals surface area (Å²) in [6.07, 6.45) is 3.84. The molecule has 1 aliphatic heterocycles. The molecule has 1 saturated heterocycles. The summed E-state index contributed by atoms with van der Waals surface area (Å²) in [5.74, 6) is -0.293. The molecule has 0 aliphatic carbocycles. The molecule has 1 N–H and O–H groups in total. The number of aryl methyl sites for hydroxylation is 1. The maximum atomic E-state index is 13.4. The highest BCUT2D eigenvalue weighted by molar-refractivity contribution is 7.89. The topological polar surface area (TPSA) is 66.5 Å². The van der Waals surface area contributed by atoms with Crippen LogP contribution in [0.25, 0.3) is 0 Å². The third-order valence-electron chi connectivity index (χ3n) is 6.20. The first-order valence-corrected chi connectivity index (χ1v) is 12.9. The predicted octanol–water partition coefficient (Wildman–Crippen LogP) is 5.08. The molecule has 0 aromatic heterocycles. The molecular weight excluding hydrogens is 432 g/mol. The van der Waals surface area contributed by atoms with Crippen molar-refractivity contribution in [3.05, 3.63) is 101 Å². The fourth-order valence-electron chi connectivity index (χ4n) is 4.30. The van der Waals surface area contributed by atoms with Gasteiger partial charge in [-0.3, -0.25) is 4.79 Å². The fraction of sp³-hybridized carbons (Fsp3) is 0.296. The maximum Gasteiger partial charge on any atom is 0.252 e. The molecular formula is C27H30N2O3S. The first-order valence-electron chi connectivity index (χ1n) is 11.5.